The Bertz CT molecular complexity index is 482. The minimum atomic E-state index is -0.664. The molecular formula is C16H25N3O2. The van der Waals surface area contributed by atoms with Gasteiger partial charge in [0.2, 0.25) is 0 Å². The summed E-state index contributed by atoms with van der Waals surface area (Å²) in [5.41, 5.74) is 6.81. The lowest BCUT2D eigenvalue weighted by Crippen LogP contribution is -2.42. The predicted octanol–water partition coefficient (Wildman–Crippen LogP) is 1.78. The van der Waals surface area contributed by atoms with Crippen LogP contribution in [-0.2, 0) is 0 Å². The zero-order valence-electron chi connectivity index (χ0n) is 12.8. The van der Waals surface area contributed by atoms with Gasteiger partial charge >= 0.3 is 0 Å². The third-order valence-corrected chi connectivity index (χ3v) is 4.01. The third kappa shape index (κ3) is 4.36. The Labute approximate surface area is 126 Å². The molecule has 1 saturated heterocycles. The van der Waals surface area contributed by atoms with Crippen molar-refractivity contribution >= 4 is 5.96 Å². The monoisotopic (exact) mass is 291 g/mol. The first kappa shape index (κ1) is 15.6. The molecule has 1 unspecified atom stereocenters. The summed E-state index contributed by atoms with van der Waals surface area (Å²) in [7, 11) is 1.61. The van der Waals surface area contributed by atoms with Crippen molar-refractivity contribution in [1.29, 1.82) is 0 Å². The van der Waals surface area contributed by atoms with E-state index in [0.717, 1.165) is 43.2 Å². The van der Waals surface area contributed by atoms with E-state index in [9.17, 15) is 5.11 Å². The van der Waals surface area contributed by atoms with Crippen LogP contribution < -0.4 is 10.5 Å². The van der Waals surface area contributed by atoms with Gasteiger partial charge < -0.3 is 20.5 Å². The zero-order valence-corrected chi connectivity index (χ0v) is 12.8. The minimum Gasteiger partial charge on any atom is -0.497 e. The minimum absolute atomic E-state index is 0.269. The fourth-order valence-corrected chi connectivity index (χ4v) is 2.47. The second-order valence-corrected chi connectivity index (χ2v) is 5.66. The van der Waals surface area contributed by atoms with Crippen molar-refractivity contribution in [3.05, 3.63) is 29.8 Å². The molecule has 116 valence electrons. The van der Waals surface area contributed by atoms with E-state index in [1.165, 1.54) is 0 Å². The summed E-state index contributed by atoms with van der Waals surface area (Å²) in [5.74, 6) is 2.02. The van der Waals surface area contributed by atoms with Crippen molar-refractivity contribution in [2.45, 2.75) is 25.9 Å². The first-order valence-electron chi connectivity index (χ1n) is 7.47. The molecule has 0 aromatic heterocycles. The van der Waals surface area contributed by atoms with Gasteiger partial charge in [-0.15, -0.1) is 0 Å². The molecule has 0 aliphatic carbocycles. The Hall–Kier alpha value is -1.75. The van der Waals surface area contributed by atoms with Gasteiger partial charge in [-0.05, 0) is 36.5 Å². The molecule has 0 radical (unpaired) electrons. The van der Waals surface area contributed by atoms with E-state index in [1.807, 2.05) is 24.3 Å². The lowest BCUT2D eigenvalue weighted by molar-refractivity contribution is 0.185. The molecule has 5 nitrogen and oxygen atoms in total. The van der Waals surface area contributed by atoms with Gasteiger partial charge in [-0.25, -0.2) is 0 Å². The summed E-state index contributed by atoms with van der Waals surface area (Å²) in [6.45, 7) is 4.43. The van der Waals surface area contributed by atoms with Crippen molar-refractivity contribution < 1.29 is 9.84 Å². The second-order valence-electron chi connectivity index (χ2n) is 5.66. The number of rotatable bonds is 4. The van der Waals surface area contributed by atoms with Crippen LogP contribution in [0.5, 0.6) is 5.75 Å². The number of nitrogens with two attached hydrogens (primary N) is 1. The van der Waals surface area contributed by atoms with E-state index in [1.54, 1.807) is 7.11 Å². The van der Waals surface area contributed by atoms with Crippen LogP contribution in [0.1, 0.15) is 31.4 Å². The number of aliphatic imine (C=N–C) groups is 1. The van der Waals surface area contributed by atoms with Crippen molar-refractivity contribution in [2.75, 3.05) is 26.7 Å². The molecule has 21 heavy (non-hydrogen) atoms. The molecule has 5 heteroatoms. The fraction of sp³-hybridized carbons (Fsp3) is 0.562. The number of hydrogen-bond donors (Lipinski definition) is 2. The highest BCUT2D eigenvalue weighted by atomic mass is 16.5. The van der Waals surface area contributed by atoms with Crippen molar-refractivity contribution in [3.63, 3.8) is 0 Å². The maximum atomic E-state index is 10.2. The summed E-state index contributed by atoms with van der Waals surface area (Å²) in [5, 5.41) is 10.2. The molecule has 0 amide bonds. The van der Waals surface area contributed by atoms with Gasteiger partial charge in [0.05, 0.1) is 19.8 Å². The number of benzene rings is 1. The Morgan fingerprint density at radius 3 is 2.86 bits per heavy atom. The van der Waals surface area contributed by atoms with Gasteiger partial charge in [-0.3, -0.25) is 4.99 Å². The van der Waals surface area contributed by atoms with E-state index >= 15 is 0 Å². The first-order valence-corrected chi connectivity index (χ1v) is 7.47. The Morgan fingerprint density at radius 2 is 2.19 bits per heavy atom. The highest BCUT2D eigenvalue weighted by molar-refractivity contribution is 5.78. The number of guanidine groups is 1. The van der Waals surface area contributed by atoms with Gasteiger partial charge in [0.15, 0.2) is 5.96 Å². The number of likely N-dealkylation sites (tertiary alicyclic amines) is 1. The highest BCUT2D eigenvalue weighted by Gasteiger charge is 2.17. The Morgan fingerprint density at radius 1 is 1.48 bits per heavy atom. The first-order chi connectivity index (χ1) is 10.1. The molecule has 0 saturated carbocycles. The maximum absolute atomic E-state index is 10.2. The van der Waals surface area contributed by atoms with Crippen molar-refractivity contribution in [3.8, 4) is 5.75 Å². The van der Waals surface area contributed by atoms with Crippen LogP contribution in [0, 0.1) is 5.92 Å². The maximum Gasteiger partial charge on any atom is 0.191 e. The van der Waals surface area contributed by atoms with Gasteiger partial charge in [-0.2, -0.15) is 0 Å². The van der Waals surface area contributed by atoms with Crippen LogP contribution in [-0.4, -0.2) is 42.7 Å². The molecular weight excluding hydrogens is 266 g/mol. The van der Waals surface area contributed by atoms with Gasteiger partial charge in [0, 0.05) is 13.1 Å². The number of piperidine rings is 1. The van der Waals surface area contributed by atoms with Crippen LogP contribution >= 0.6 is 0 Å². The van der Waals surface area contributed by atoms with E-state index in [0.29, 0.717) is 5.96 Å². The van der Waals surface area contributed by atoms with Crippen LogP contribution in [0.4, 0.5) is 0 Å². The zero-order chi connectivity index (χ0) is 15.2. The largest absolute Gasteiger partial charge is 0.497 e. The summed E-state index contributed by atoms with van der Waals surface area (Å²) in [6, 6.07) is 7.39. The average Bonchev–Trinajstić information content (AvgIpc) is 2.53. The quantitative estimate of drug-likeness (QED) is 0.655. The summed E-state index contributed by atoms with van der Waals surface area (Å²) in [4.78, 5) is 6.43. The molecule has 1 aliphatic rings. The van der Waals surface area contributed by atoms with Gasteiger partial charge in [0.1, 0.15) is 5.75 Å². The molecule has 1 atom stereocenters. The molecule has 1 aromatic carbocycles. The van der Waals surface area contributed by atoms with E-state index in [-0.39, 0.29) is 6.54 Å². The topological polar surface area (TPSA) is 71.1 Å². The smallest absolute Gasteiger partial charge is 0.191 e. The Kier molecular flexibility index (Phi) is 5.44. The number of aliphatic hydroxyl groups excluding tert-OH is 1. The highest BCUT2D eigenvalue weighted by Crippen LogP contribution is 2.20. The molecule has 3 N–H and O–H groups in total. The van der Waals surface area contributed by atoms with Gasteiger partial charge in [-0.1, -0.05) is 19.1 Å². The Balaban J connectivity index is 1.92. The van der Waals surface area contributed by atoms with Crippen molar-refractivity contribution in [2.24, 2.45) is 16.6 Å². The predicted molar refractivity (Wildman–Crippen MR) is 84.4 cm³/mol. The van der Waals surface area contributed by atoms with Crippen LogP contribution in [0.2, 0.25) is 0 Å². The molecule has 1 aliphatic heterocycles. The number of hydrogen-bond acceptors (Lipinski definition) is 3. The molecule has 1 fully saturated rings. The summed E-state index contributed by atoms with van der Waals surface area (Å²) < 4.78 is 5.16. The molecule has 0 bridgehead atoms. The second kappa shape index (κ2) is 7.31. The fourth-order valence-electron chi connectivity index (χ4n) is 2.47. The average molecular weight is 291 g/mol. The number of ether oxygens (including phenoxy) is 1. The van der Waals surface area contributed by atoms with Crippen LogP contribution in [0.3, 0.4) is 0 Å². The molecule has 1 heterocycles. The number of aliphatic hydroxyl groups is 1. The summed E-state index contributed by atoms with van der Waals surface area (Å²) in [6.07, 6.45) is 1.63. The van der Waals surface area contributed by atoms with Crippen LogP contribution in [0.25, 0.3) is 0 Å². The molecule has 1 aromatic rings. The standard InChI is InChI=1S/C16H25N3O2/c1-12-6-8-19(9-7-12)16(17)18-11-15(20)13-4-3-5-14(10-13)21-2/h3-5,10,12,15,20H,6-9,11H2,1-2H3,(H2,17,18). The summed E-state index contributed by atoms with van der Waals surface area (Å²) >= 11 is 0. The lowest BCUT2D eigenvalue weighted by atomic mass is 10.00. The van der Waals surface area contributed by atoms with E-state index < -0.39 is 6.10 Å². The molecule has 2 rings (SSSR count). The van der Waals surface area contributed by atoms with E-state index in [2.05, 4.69) is 16.8 Å². The SMILES string of the molecule is COc1cccc(C(O)CN=C(N)N2CCC(C)CC2)c1. The number of nitrogens with zero attached hydrogens (tertiary/aromatic N) is 2. The third-order valence-electron chi connectivity index (χ3n) is 4.01. The lowest BCUT2D eigenvalue weighted by Gasteiger charge is -2.31. The number of methoxy groups -OCH3 is 1. The van der Waals surface area contributed by atoms with E-state index in [4.69, 9.17) is 10.5 Å². The normalized spacial score (nSPS) is 18.6. The van der Waals surface area contributed by atoms with Crippen LogP contribution in [0.15, 0.2) is 29.3 Å². The van der Waals surface area contributed by atoms with Gasteiger partial charge in [0.25, 0.3) is 0 Å². The molecule has 0 spiro atoms. The van der Waals surface area contributed by atoms with Crippen molar-refractivity contribution in [1.82, 2.24) is 4.90 Å².